The largest absolute Gasteiger partial charge is 0.493 e. The number of rotatable bonds is 5. The van der Waals surface area contributed by atoms with Gasteiger partial charge in [-0.3, -0.25) is 9.48 Å². The van der Waals surface area contributed by atoms with Crippen LogP contribution in [0.2, 0.25) is 0 Å². The lowest BCUT2D eigenvalue weighted by Gasteiger charge is -2.36. The average molecular weight is 446 g/mol. The number of nitrogens with one attached hydrogen (secondary N) is 1. The molecular weight excluding hydrogens is 418 g/mol. The molecule has 10 heteroatoms. The Morgan fingerprint density at radius 3 is 2.52 bits per heavy atom. The number of carbonyl (C=O) groups is 1. The molecule has 2 atom stereocenters. The van der Waals surface area contributed by atoms with Crippen LogP contribution in [-0.2, 0) is 7.05 Å². The topological polar surface area (TPSA) is 111 Å². The van der Waals surface area contributed by atoms with Gasteiger partial charge in [0, 0.05) is 43.7 Å². The molecule has 9 nitrogen and oxygen atoms in total. The van der Waals surface area contributed by atoms with Crippen molar-refractivity contribution in [2.75, 3.05) is 24.6 Å². The summed E-state index contributed by atoms with van der Waals surface area (Å²) in [6.45, 7) is 8.39. The Morgan fingerprint density at radius 1 is 1.23 bits per heavy atom. The number of benzene rings is 1. The van der Waals surface area contributed by atoms with Gasteiger partial charge < -0.3 is 20.7 Å². The van der Waals surface area contributed by atoms with Crippen LogP contribution in [0.1, 0.15) is 31.1 Å². The quantitative estimate of drug-likeness (QED) is 0.618. The summed E-state index contributed by atoms with van der Waals surface area (Å²) in [5.74, 6) is 0.742. The molecule has 3 aromatic rings. The van der Waals surface area contributed by atoms with Crippen molar-refractivity contribution in [1.29, 1.82) is 0 Å². The number of primary amides is 1. The number of aryl methyl sites for hydroxylation is 1. The fourth-order valence-corrected chi connectivity index (χ4v) is 4.13. The minimum Gasteiger partial charge on any atom is -0.493 e. The van der Waals surface area contributed by atoms with Crippen molar-refractivity contribution in [3.63, 3.8) is 0 Å². The molecule has 1 saturated heterocycles. The lowest BCUT2D eigenvalue weighted by atomic mass is 10.1. The molecule has 0 spiro atoms. The Kier molecular flexibility index (Phi) is 6.66. The van der Waals surface area contributed by atoms with Gasteiger partial charge in [-0.1, -0.05) is 0 Å². The van der Waals surface area contributed by atoms with Gasteiger partial charge in [0.2, 0.25) is 0 Å². The van der Waals surface area contributed by atoms with E-state index in [1.165, 1.54) is 0 Å². The molecule has 1 fully saturated rings. The third-order valence-corrected chi connectivity index (χ3v) is 5.27. The molecule has 1 amide bonds. The number of amides is 1. The molecule has 1 aliphatic heterocycles. The van der Waals surface area contributed by atoms with Crippen LogP contribution in [0.3, 0.4) is 0 Å². The first-order valence-electron chi connectivity index (χ1n) is 10.2. The molecule has 0 bridgehead atoms. The van der Waals surface area contributed by atoms with Crippen LogP contribution in [-0.4, -0.2) is 57.7 Å². The Bertz CT molecular complexity index is 1070. The fourth-order valence-electron chi connectivity index (χ4n) is 4.13. The van der Waals surface area contributed by atoms with Crippen molar-refractivity contribution in [3.8, 4) is 17.1 Å². The maximum Gasteiger partial charge on any atom is 0.252 e. The van der Waals surface area contributed by atoms with E-state index in [2.05, 4.69) is 39.4 Å². The van der Waals surface area contributed by atoms with Gasteiger partial charge in [-0.05, 0) is 39.0 Å². The van der Waals surface area contributed by atoms with E-state index in [0.29, 0.717) is 41.2 Å². The van der Waals surface area contributed by atoms with Crippen LogP contribution < -0.4 is 20.7 Å². The summed E-state index contributed by atoms with van der Waals surface area (Å²) in [5, 5.41) is 17.8. The first-order chi connectivity index (χ1) is 14.4. The summed E-state index contributed by atoms with van der Waals surface area (Å²) in [4.78, 5) is 14.2. The average Bonchev–Trinajstić information content (AvgIpc) is 3.01. The second-order valence-corrected chi connectivity index (χ2v) is 7.79. The SMILES string of the molecule is CCOc1cc2nn(C)c(-c3ccc(N4C[C@@H](C)N[C@@H](C)C4)nn3)c2cc1C(N)=O.Cl. The predicted octanol–water partition coefficient (Wildman–Crippen LogP) is 2.14. The van der Waals surface area contributed by atoms with Crippen molar-refractivity contribution < 1.29 is 9.53 Å². The van der Waals surface area contributed by atoms with E-state index < -0.39 is 5.91 Å². The second kappa shape index (κ2) is 9.07. The van der Waals surface area contributed by atoms with Gasteiger partial charge in [0.25, 0.3) is 5.91 Å². The van der Waals surface area contributed by atoms with Crippen LogP contribution in [0.5, 0.6) is 5.75 Å². The predicted molar refractivity (Wildman–Crippen MR) is 123 cm³/mol. The summed E-state index contributed by atoms with van der Waals surface area (Å²) in [7, 11) is 1.84. The van der Waals surface area contributed by atoms with E-state index in [-0.39, 0.29) is 12.4 Å². The lowest BCUT2D eigenvalue weighted by Crippen LogP contribution is -2.54. The first kappa shape index (κ1) is 22.8. The minimum atomic E-state index is -0.543. The number of ether oxygens (including phenoxy) is 1. The summed E-state index contributed by atoms with van der Waals surface area (Å²) in [5.41, 5.74) is 8.06. The molecule has 2 aromatic heterocycles. The van der Waals surface area contributed by atoms with Crippen LogP contribution >= 0.6 is 12.4 Å². The van der Waals surface area contributed by atoms with Crippen molar-refractivity contribution in [2.45, 2.75) is 32.9 Å². The van der Waals surface area contributed by atoms with E-state index in [1.807, 2.05) is 26.1 Å². The first-order valence-corrected chi connectivity index (χ1v) is 10.2. The van der Waals surface area contributed by atoms with Gasteiger partial charge in [-0.25, -0.2) is 0 Å². The normalized spacial score (nSPS) is 18.6. The molecule has 1 aromatic carbocycles. The van der Waals surface area contributed by atoms with Crippen LogP contribution in [0.15, 0.2) is 24.3 Å². The van der Waals surface area contributed by atoms with Gasteiger partial charge in [0.15, 0.2) is 5.82 Å². The van der Waals surface area contributed by atoms with E-state index in [0.717, 1.165) is 30.0 Å². The Balaban J connectivity index is 0.00000272. The molecule has 4 rings (SSSR count). The summed E-state index contributed by atoms with van der Waals surface area (Å²) >= 11 is 0. The standard InChI is InChI=1S/C21H27N7O2.ClH/c1-5-30-18-9-17-14(8-15(18)21(22)29)20(27(4)26-17)16-6-7-19(25-24-16)28-10-12(2)23-13(3)11-28;/h6-9,12-13,23H,5,10-11H2,1-4H3,(H2,22,29);1H/t12-,13+;. The Hall–Kier alpha value is -2.91. The molecule has 3 heterocycles. The molecular formula is C21H28ClN7O2. The molecule has 0 radical (unpaired) electrons. The third kappa shape index (κ3) is 4.42. The molecule has 0 saturated carbocycles. The number of nitrogens with two attached hydrogens (primary N) is 1. The number of piperazine rings is 1. The minimum absolute atomic E-state index is 0. The highest BCUT2D eigenvalue weighted by molar-refractivity contribution is 6.03. The lowest BCUT2D eigenvalue weighted by molar-refractivity contribution is 0.0997. The smallest absolute Gasteiger partial charge is 0.252 e. The number of carbonyl (C=O) groups excluding carboxylic acids is 1. The fraction of sp³-hybridized carbons (Fsp3) is 0.429. The van der Waals surface area contributed by atoms with Crippen LogP contribution in [0, 0.1) is 0 Å². The summed E-state index contributed by atoms with van der Waals surface area (Å²) in [6.07, 6.45) is 0. The highest BCUT2D eigenvalue weighted by atomic mass is 35.5. The molecule has 0 aliphatic carbocycles. The summed E-state index contributed by atoms with van der Waals surface area (Å²) < 4.78 is 7.31. The Labute approximate surface area is 187 Å². The number of fused-ring (bicyclic) bond motifs is 1. The number of hydrogen-bond donors (Lipinski definition) is 2. The van der Waals surface area contributed by atoms with Crippen molar-refractivity contribution in [3.05, 3.63) is 29.8 Å². The number of nitrogens with zero attached hydrogens (tertiary/aromatic N) is 5. The number of hydrogen-bond acceptors (Lipinski definition) is 7. The van der Waals surface area contributed by atoms with Gasteiger partial charge in [0.1, 0.15) is 11.4 Å². The highest BCUT2D eigenvalue weighted by Crippen LogP contribution is 2.32. The van der Waals surface area contributed by atoms with Gasteiger partial charge in [-0.2, -0.15) is 5.10 Å². The monoisotopic (exact) mass is 445 g/mol. The summed E-state index contributed by atoms with van der Waals surface area (Å²) in [6, 6.07) is 8.17. The van der Waals surface area contributed by atoms with Crippen LogP contribution in [0.25, 0.3) is 22.3 Å². The second-order valence-electron chi connectivity index (χ2n) is 7.79. The number of halogens is 1. The number of aromatic nitrogens is 4. The van der Waals surface area contributed by atoms with E-state index in [1.54, 1.807) is 16.8 Å². The zero-order valence-corrected chi connectivity index (χ0v) is 18.9. The van der Waals surface area contributed by atoms with Gasteiger partial charge >= 0.3 is 0 Å². The van der Waals surface area contributed by atoms with E-state index in [9.17, 15) is 4.79 Å². The zero-order chi connectivity index (χ0) is 21.4. The Morgan fingerprint density at radius 2 is 1.94 bits per heavy atom. The van der Waals surface area contributed by atoms with E-state index in [4.69, 9.17) is 10.5 Å². The van der Waals surface area contributed by atoms with Gasteiger partial charge in [-0.15, -0.1) is 22.6 Å². The number of anilines is 1. The third-order valence-electron chi connectivity index (χ3n) is 5.27. The van der Waals surface area contributed by atoms with Crippen molar-refractivity contribution >= 4 is 35.0 Å². The zero-order valence-electron chi connectivity index (χ0n) is 18.1. The highest BCUT2D eigenvalue weighted by Gasteiger charge is 2.23. The molecule has 166 valence electrons. The van der Waals surface area contributed by atoms with Crippen molar-refractivity contribution in [2.24, 2.45) is 12.8 Å². The van der Waals surface area contributed by atoms with E-state index >= 15 is 0 Å². The molecule has 31 heavy (non-hydrogen) atoms. The van der Waals surface area contributed by atoms with Gasteiger partial charge in [0.05, 0.1) is 23.4 Å². The van der Waals surface area contributed by atoms with Crippen molar-refractivity contribution in [1.82, 2.24) is 25.3 Å². The molecule has 1 aliphatic rings. The maximum absolute atomic E-state index is 11.9. The molecule has 0 unspecified atom stereocenters. The van der Waals surface area contributed by atoms with Crippen LogP contribution in [0.4, 0.5) is 5.82 Å². The maximum atomic E-state index is 11.9. The molecule has 3 N–H and O–H groups in total.